The molecular formula is C25H23N3O3. The first kappa shape index (κ1) is 20.3. The van der Waals surface area contributed by atoms with E-state index in [1.165, 1.54) is 0 Å². The first-order valence-electron chi connectivity index (χ1n) is 10.2. The quantitative estimate of drug-likeness (QED) is 0.467. The molecule has 0 saturated heterocycles. The van der Waals surface area contributed by atoms with Crippen molar-refractivity contribution in [1.29, 1.82) is 0 Å². The number of ether oxygens (including phenoxy) is 2. The predicted octanol–water partition coefficient (Wildman–Crippen LogP) is 4.86. The molecule has 1 heterocycles. The predicted molar refractivity (Wildman–Crippen MR) is 121 cm³/mol. The summed E-state index contributed by atoms with van der Waals surface area (Å²) >= 11 is 0. The van der Waals surface area contributed by atoms with Crippen molar-refractivity contribution in [3.63, 3.8) is 0 Å². The highest BCUT2D eigenvalue weighted by molar-refractivity contribution is 5.96. The summed E-state index contributed by atoms with van der Waals surface area (Å²) in [7, 11) is 0. The van der Waals surface area contributed by atoms with Gasteiger partial charge in [0.15, 0.2) is 11.5 Å². The highest BCUT2D eigenvalue weighted by Crippen LogP contribution is 2.35. The van der Waals surface area contributed by atoms with E-state index in [1.807, 2.05) is 56.3 Å². The smallest absolute Gasteiger partial charge is 0.248 e. The maximum absolute atomic E-state index is 11.4. The Labute approximate surface area is 180 Å². The number of rotatable bonds is 7. The Morgan fingerprint density at radius 1 is 0.806 bits per heavy atom. The molecule has 6 heteroatoms. The SMILES string of the molecule is CCOc1ccc(-c2ccc3ncnc(-c4ccc(C(N)=O)cc4)c3c2)cc1OCC. The molecule has 0 spiro atoms. The average Bonchev–Trinajstić information content (AvgIpc) is 2.80. The molecule has 4 rings (SSSR count). The van der Waals surface area contributed by atoms with Gasteiger partial charge in [0.25, 0.3) is 0 Å². The van der Waals surface area contributed by atoms with Crippen molar-refractivity contribution in [3.05, 3.63) is 72.6 Å². The normalized spacial score (nSPS) is 10.8. The van der Waals surface area contributed by atoms with E-state index in [-0.39, 0.29) is 0 Å². The molecule has 0 aliphatic heterocycles. The number of benzene rings is 3. The lowest BCUT2D eigenvalue weighted by atomic mass is 9.99. The van der Waals surface area contributed by atoms with E-state index in [2.05, 4.69) is 16.0 Å². The standard InChI is InChI=1S/C25H23N3O3/c1-3-30-22-12-10-19(14-23(22)31-4-2)18-9-11-21-20(13-18)24(28-15-27-21)16-5-7-17(8-6-16)25(26)29/h5-15H,3-4H2,1-2H3,(H2,26,29). The molecule has 0 bridgehead atoms. The second-order valence-electron chi connectivity index (χ2n) is 6.92. The van der Waals surface area contributed by atoms with Crippen molar-refractivity contribution in [2.45, 2.75) is 13.8 Å². The number of nitrogens with two attached hydrogens (primary N) is 1. The monoisotopic (exact) mass is 413 g/mol. The molecule has 0 saturated carbocycles. The highest BCUT2D eigenvalue weighted by Gasteiger charge is 2.12. The summed E-state index contributed by atoms with van der Waals surface area (Å²) in [5, 5.41) is 0.915. The molecule has 0 aliphatic rings. The summed E-state index contributed by atoms with van der Waals surface area (Å²) in [6, 6.07) is 19.1. The summed E-state index contributed by atoms with van der Waals surface area (Å²) in [6.07, 6.45) is 1.55. The molecular weight excluding hydrogens is 390 g/mol. The number of fused-ring (bicyclic) bond motifs is 1. The highest BCUT2D eigenvalue weighted by atomic mass is 16.5. The van der Waals surface area contributed by atoms with Crippen LogP contribution in [0.4, 0.5) is 0 Å². The molecule has 0 atom stereocenters. The number of carbonyl (C=O) groups is 1. The van der Waals surface area contributed by atoms with Crippen LogP contribution in [0.5, 0.6) is 11.5 Å². The Hall–Kier alpha value is -3.93. The fourth-order valence-electron chi connectivity index (χ4n) is 3.49. The molecule has 0 aliphatic carbocycles. The zero-order valence-corrected chi connectivity index (χ0v) is 17.5. The topological polar surface area (TPSA) is 87.3 Å². The van der Waals surface area contributed by atoms with Crippen molar-refractivity contribution in [2.24, 2.45) is 5.73 Å². The summed E-state index contributed by atoms with van der Waals surface area (Å²) < 4.78 is 11.5. The van der Waals surface area contributed by atoms with Gasteiger partial charge in [0.05, 0.1) is 24.4 Å². The van der Waals surface area contributed by atoms with Gasteiger partial charge >= 0.3 is 0 Å². The lowest BCUT2D eigenvalue weighted by Crippen LogP contribution is -2.10. The molecule has 0 unspecified atom stereocenters. The van der Waals surface area contributed by atoms with Crippen molar-refractivity contribution < 1.29 is 14.3 Å². The van der Waals surface area contributed by atoms with Gasteiger partial charge in [-0.25, -0.2) is 9.97 Å². The largest absolute Gasteiger partial charge is 0.490 e. The van der Waals surface area contributed by atoms with Crippen LogP contribution in [0.1, 0.15) is 24.2 Å². The van der Waals surface area contributed by atoms with E-state index in [0.717, 1.165) is 39.0 Å². The van der Waals surface area contributed by atoms with Crippen molar-refractivity contribution in [2.75, 3.05) is 13.2 Å². The van der Waals surface area contributed by atoms with Gasteiger partial charge in [-0.05, 0) is 61.4 Å². The second kappa shape index (κ2) is 8.83. The van der Waals surface area contributed by atoms with E-state index in [0.29, 0.717) is 24.5 Å². The molecule has 4 aromatic rings. The summed E-state index contributed by atoms with van der Waals surface area (Å²) in [5.74, 6) is 0.989. The maximum Gasteiger partial charge on any atom is 0.248 e. The Balaban J connectivity index is 1.80. The third-order valence-corrected chi connectivity index (χ3v) is 4.95. The van der Waals surface area contributed by atoms with E-state index >= 15 is 0 Å². The van der Waals surface area contributed by atoms with Crippen LogP contribution in [0.15, 0.2) is 67.0 Å². The molecule has 31 heavy (non-hydrogen) atoms. The zero-order valence-electron chi connectivity index (χ0n) is 17.5. The number of aromatic nitrogens is 2. The Kier molecular flexibility index (Phi) is 5.80. The van der Waals surface area contributed by atoms with Gasteiger partial charge in [-0.15, -0.1) is 0 Å². The Morgan fingerprint density at radius 3 is 2.16 bits per heavy atom. The summed E-state index contributed by atoms with van der Waals surface area (Å²) in [5.41, 5.74) is 10.4. The van der Waals surface area contributed by atoms with Gasteiger partial charge in [0.1, 0.15) is 6.33 Å². The first-order chi connectivity index (χ1) is 15.1. The second-order valence-corrected chi connectivity index (χ2v) is 6.92. The van der Waals surface area contributed by atoms with Crippen LogP contribution in [0.3, 0.4) is 0 Å². The van der Waals surface area contributed by atoms with Crippen molar-refractivity contribution in [3.8, 4) is 33.9 Å². The molecule has 0 radical (unpaired) electrons. The van der Waals surface area contributed by atoms with E-state index in [4.69, 9.17) is 15.2 Å². The van der Waals surface area contributed by atoms with Gasteiger partial charge in [0.2, 0.25) is 5.91 Å². The van der Waals surface area contributed by atoms with Crippen LogP contribution in [-0.4, -0.2) is 29.1 Å². The lowest BCUT2D eigenvalue weighted by Gasteiger charge is -2.13. The van der Waals surface area contributed by atoms with Gasteiger partial charge in [0, 0.05) is 16.5 Å². The molecule has 1 aromatic heterocycles. The molecule has 1 amide bonds. The fourth-order valence-corrected chi connectivity index (χ4v) is 3.49. The lowest BCUT2D eigenvalue weighted by molar-refractivity contribution is 0.100. The van der Waals surface area contributed by atoms with Crippen molar-refractivity contribution >= 4 is 16.8 Å². The minimum Gasteiger partial charge on any atom is -0.490 e. The Bertz CT molecular complexity index is 1240. The van der Waals surface area contributed by atoms with E-state index < -0.39 is 5.91 Å². The maximum atomic E-state index is 11.4. The van der Waals surface area contributed by atoms with Crippen LogP contribution < -0.4 is 15.2 Å². The number of hydrogen-bond acceptors (Lipinski definition) is 5. The minimum absolute atomic E-state index is 0.456. The van der Waals surface area contributed by atoms with Crippen LogP contribution in [0.25, 0.3) is 33.3 Å². The third kappa shape index (κ3) is 4.19. The summed E-state index contributed by atoms with van der Waals surface area (Å²) in [4.78, 5) is 20.3. The minimum atomic E-state index is -0.456. The molecule has 3 aromatic carbocycles. The molecule has 0 fully saturated rings. The first-order valence-corrected chi connectivity index (χ1v) is 10.2. The summed E-state index contributed by atoms with van der Waals surface area (Å²) in [6.45, 7) is 5.03. The number of primary amides is 1. The van der Waals surface area contributed by atoms with E-state index in [1.54, 1.807) is 18.5 Å². The van der Waals surface area contributed by atoms with Crippen LogP contribution in [0.2, 0.25) is 0 Å². The van der Waals surface area contributed by atoms with E-state index in [9.17, 15) is 4.79 Å². The average molecular weight is 413 g/mol. The van der Waals surface area contributed by atoms with Crippen LogP contribution in [-0.2, 0) is 0 Å². The van der Waals surface area contributed by atoms with Crippen LogP contribution >= 0.6 is 0 Å². The zero-order chi connectivity index (χ0) is 21.8. The number of amides is 1. The van der Waals surface area contributed by atoms with Crippen molar-refractivity contribution in [1.82, 2.24) is 9.97 Å². The van der Waals surface area contributed by atoms with Gasteiger partial charge < -0.3 is 15.2 Å². The number of carbonyl (C=O) groups excluding carboxylic acids is 1. The van der Waals surface area contributed by atoms with Gasteiger partial charge in [-0.2, -0.15) is 0 Å². The van der Waals surface area contributed by atoms with Crippen LogP contribution in [0, 0.1) is 0 Å². The molecule has 2 N–H and O–H groups in total. The molecule has 156 valence electrons. The fraction of sp³-hybridized carbons (Fsp3) is 0.160. The Morgan fingerprint density at radius 2 is 1.45 bits per heavy atom. The number of hydrogen-bond donors (Lipinski definition) is 1. The van der Waals surface area contributed by atoms with Gasteiger partial charge in [-0.3, -0.25) is 4.79 Å². The molecule has 6 nitrogen and oxygen atoms in total. The number of nitrogens with zero attached hydrogens (tertiary/aromatic N) is 2. The third-order valence-electron chi connectivity index (χ3n) is 4.95. The van der Waals surface area contributed by atoms with Gasteiger partial charge in [-0.1, -0.05) is 24.3 Å².